The summed E-state index contributed by atoms with van der Waals surface area (Å²) in [6.07, 6.45) is 2.46. The van der Waals surface area contributed by atoms with E-state index in [0.29, 0.717) is 15.6 Å². The first kappa shape index (κ1) is 11.4. The van der Waals surface area contributed by atoms with Gasteiger partial charge in [-0.2, -0.15) is 0 Å². The number of aliphatic hydroxyl groups excluding tert-OH is 1. The maximum Gasteiger partial charge on any atom is 0.106 e. The van der Waals surface area contributed by atoms with Crippen LogP contribution in [-0.2, 0) is 0 Å². The molecular weight excluding hydrogens is 245 g/mol. The van der Waals surface area contributed by atoms with Crippen molar-refractivity contribution in [2.24, 2.45) is 0 Å². The molecular formula is C12H9Cl2NO. The summed E-state index contributed by atoms with van der Waals surface area (Å²) in [5.74, 6) is 0. The van der Waals surface area contributed by atoms with Gasteiger partial charge < -0.3 is 5.11 Å². The predicted octanol–water partition coefficient (Wildman–Crippen LogP) is 3.47. The standard InChI is InChI=1S/C12H9Cl2NO/c13-9-1-2-11(14)10(7-9)12(16)8-3-5-15-6-4-8/h1-7,12,16H/t12-/m1/s1. The van der Waals surface area contributed by atoms with Crippen molar-refractivity contribution >= 4 is 23.2 Å². The van der Waals surface area contributed by atoms with E-state index >= 15 is 0 Å². The fourth-order valence-electron chi connectivity index (χ4n) is 1.45. The molecule has 0 aliphatic heterocycles. The third-order valence-electron chi connectivity index (χ3n) is 2.27. The molecule has 0 saturated carbocycles. The SMILES string of the molecule is O[C@H](c1ccncc1)c1cc(Cl)ccc1Cl. The van der Waals surface area contributed by atoms with Crippen LogP contribution in [0.5, 0.6) is 0 Å². The molecule has 1 aromatic carbocycles. The second kappa shape index (κ2) is 4.83. The highest BCUT2D eigenvalue weighted by Crippen LogP contribution is 2.30. The highest BCUT2D eigenvalue weighted by Gasteiger charge is 2.13. The van der Waals surface area contributed by atoms with Crippen LogP contribution in [0.25, 0.3) is 0 Å². The quantitative estimate of drug-likeness (QED) is 0.890. The highest BCUT2D eigenvalue weighted by atomic mass is 35.5. The van der Waals surface area contributed by atoms with Crippen LogP contribution in [0.3, 0.4) is 0 Å². The molecule has 0 fully saturated rings. The Morgan fingerprint density at radius 3 is 2.44 bits per heavy atom. The summed E-state index contributed by atoms with van der Waals surface area (Å²) in [6.45, 7) is 0. The summed E-state index contributed by atoms with van der Waals surface area (Å²) < 4.78 is 0. The van der Waals surface area contributed by atoms with Crippen molar-refractivity contribution in [3.63, 3.8) is 0 Å². The second-order valence-corrected chi connectivity index (χ2v) is 4.19. The van der Waals surface area contributed by atoms with Gasteiger partial charge in [-0.3, -0.25) is 4.98 Å². The largest absolute Gasteiger partial charge is 0.384 e. The molecule has 1 aromatic heterocycles. The van der Waals surface area contributed by atoms with Gasteiger partial charge in [-0.05, 0) is 35.9 Å². The monoisotopic (exact) mass is 253 g/mol. The zero-order chi connectivity index (χ0) is 11.5. The number of hydrogen-bond acceptors (Lipinski definition) is 2. The fraction of sp³-hybridized carbons (Fsp3) is 0.0833. The summed E-state index contributed by atoms with van der Waals surface area (Å²) in [6, 6.07) is 8.50. The van der Waals surface area contributed by atoms with Gasteiger partial charge in [-0.1, -0.05) is 23.2 Å². The summed E-state index contributed by atoms with van der Waals surface area (Å²) in [5, 5.41) is 11.2. The second-order valence-electron chi connectivity index (χ2n) is 3.35. The molecule has 0 bridgehead atoms. The summed E-state index contributed by atoms with van der Waals surface area (Å²) >= 11 is 11.9. The smallest absolute Gasteiger partial charge is 0.106 e. The molecule has 16 heavy (non-hydrogen) atoms. The molecule has 2 nitrogen and oxygen atoms in total. The Kier molecular flexibility index (Phi) is 3.44. The number of rotatable bonds is 2. The molecule has 82 valence electrons. The lowest BCUT2D eigenvalue weighted by Crippen LogP contribution is -2.00. The van der Waals surface area contributed by atoms with Crippen LogP contribution in [0.1, 0.15) is 17.2 Å². The maximum absolute atomic E-state index is 10.1. The first-order valence-electron chi connectivity index (χ1n) is 4.71. The van der Waals surface area contributed by atoms with Crippen LogP contribution < -0.4 is 0 Å². The lowest BCUT2D eigenvalue weighted by molar-refractivity contribution is 0.220. The van der Waals surface area contributed by atoms with Gasteiger partial charge in [-0.15, -0.1) is 0 Å². The Balaban J connectivity index is 2.41. The number of aromatic nitrogens is 1. The Bertz CT molecular complexity index is 488. The molecule has 2 rings (SSSR count). The Morgan fingerprint density at radius 2 is 1.75 bits per heavy atom. The van der Waals surface area contributed by atoms with Gasteiger partial charge in [0.1, 0.15) is 6.10 Å². The van der Waals surface area contributed by atoms with E-state index in [9.17, 15) is 5.11 Å². The number of hydrogen-bond donors (Lipinski definition) is 1. The Morgan fingerprint density at radius 1 is 1.06 bits per heavy atom. The van der Waals surface area contributed by atoms with Crippen LogP contribution in [0.15, 0.2) is 42.7 Å². The molecule has 1 heterocycles. The van der Waals surface area contributed by atoms with Crippen molar-refractivity contribution in [2.45, 2.75) is 6.10 Å². The average molecular weight is 254 g/mol. The Labute approximate surface area is 103 Å². The number of aliphatic hydroxyl groups is 1. The van der Waals surface area contributed by atoms with Gasteiger partial charge in [0.05, 0.1) is 0 Å². The molecule has 0 radical (unpaired) electrons. The van der Waals surface area contributed by atoms with Crippen LogP contribution in [-0.4, -0.2) is 10.1 Å². The van der Waals surface area contributed by atoms with E-state index in [1.807, 2.05) is 0 Å². The van der Waals surface area contributed by atoms with E-state index in [1.165, 1.54) is 0 Å². The van der Waals surface area contributed by atoms with Gasteiger partial charge in [0.2, 0.25) is 0 Å². The zero-order valence-electron chi connectivity index (χ0n) is 8.27. The van der Waals surface area contributed by atoms with E-state index in [1.54, 1.807) is 42.7 Å². The molecule has 0 unspecified atom stereocenters. The van der Waals surface area contributed by atoms with Crippen molar-refractivity contribution in [2.75, 3.05) is 0 Å². The minimum absolute atomic E-state index is 0.494. The minimum atomic E-state index is -0.783. The van der Waals surface area contributed by atoms with Gasteiger partial charge in [-0.25, -0.2) is 0 Å². The van der Waals surface area contributed by atoms with Crippen molar-refractivity contribution in [3.8, 4) is 0 Å². The third-order valence-corrected chi connectivity index (χ3v) is 2.85. The molecule has 2 aromatic rings. The van der Waals surface area contributed by atoms with Gasteiger partial charge >= 0.3 is 0 Å². The summed E-state index contributed by atoms with van der Waals surface area (Å²) in [7, 11) is 0. The van der Waals surface area contributed by atoms with E-state index in [4.69, 9.17) is 23.2 Å². The van der Waals surface area contributed by atoms with Crippen LogP contribution in [0.2, 0.25) is 10.0 Å². The molecule has 1 atom stereocenters. The molecule has 0 amide bonds. The predicted molar refractivity (Wildman–Crippen MR) is 64.8 cm³/mol. The van der Waals surface area contributed by atoms with E-state index < -0.39 is 6.10 Å². The Hall–Kier alpha value is -1.09. The minimum Gasteiger partial charge on any atom is -0.384 e. The van der Waals surface area contributed by atoms with Crippen molar-refractivity contribution < 1.29 is 5.11 Å². The van der Waals surface area contributed by atoms with E-state index in [-0.39, 0.29) is 0 Å². The first-order valence-corrected chi connectivity index (χ1v) is 5.47. The summed E-state index contributed by atoms with van der Waals surface area (Å²) in [4.78, 5) is 3.89. The zero-order valence-corrected chi connectivity index (χ0v) is 9.78. The highest BCUT2D eigenvalue weighted by molar-refractivity contribution is 6.33. The topological polar surface area (TPSA) is 33.1 Å². The van der Waals surface area contributed by atoms with Gasteiger partial charge in [0.25, 0.3) is 0 Å². The van der Waals surface area contributed by atoms with E-state index in [2.05, 4.69) is 4.98 Å². The molecule has 1 N–H and O–H groups in total. The van der Waals surface area contributed by atoms with Crippen molar-refractivity contribution in [1.82, 2.24) is 4.98 Å². The number of benzene rings is 1. The van der Waals surface area contributed by atoms with E-state index in [0.717, 1.165) is 5.56 Å². The van der Waals surface area contributed by atoms with Crippen LogP contribution in [0.4, 0.5) is 0 Å². The molecule has 0 aliphatic rings. The maximum atomic E-state index is 10.1. The number of pyridine rings is 1. The van der Waals surface area contributed by atoms with Crippen molar-refractivity contribution in [1.29, 1.82) is 0 Å². The van der Waals surface area contributed by atoms with Gasteiger partial charge in [0.15, 0.2) is 0 Å². The van der Waals surface area contributed by atoms with Gasteiger partial charge in [0, 0.05) is 28.0 Å². The molecule has 4 heteroatoms. The fourth-order valence-corrected chi connectivity index (χ4v) is 1.85. The van der Waals surface area contributed by atoms with Crippen LogP contribution in [0, 0.1) is 0 Å². The lowest BCUT2D eigenvalue weighted by Gasteiger charge is -2.13. The number of halogens is 2. The average Bonchev–Trinajstić information content (AvgIpc) is 2.32. The normalized spacial score (nSPS) is 12.4. The molecule has 0 spiro atoms. The third kappa shape index (κ3) is 2.35. The molecule has 0 aliphatic carbocycles. The first-order chi connectivity index (χ1) is 7.68. The number of nitrogens with zero attached hydrogens (tertiary/aromatic N) is 1. The summed E-state index contributed by atoms with van der Waals surface area (Å²) in [5.41, 5.74) is 1.33. The lowest BCUT2D eigenvalue weighted by atomic mass is 10.0. The van der Waals surface area contributed by atoms with Crippen molar-refractivity contribution in [3.05, 3.63) is 63.9 Å². The molecule has 0 saturated heterocycles. The van der Waals surface area contributed by atoms with Crippen LogP contribution >= 0.6 is 23.2 Å².